The molecule has 0 rings (SSSR count). The van der Waals surface area contributed by atoms with E-state index in [1.54, 1.807) is 0 Å². The minimum atomic E-state index is 0.259. The minimum Gasteiger partial charge on any atom is -0.336 e. The fraction of sp³-hybridized carbons (Fsp3) is 1.00. The minimum absolute atomic E-state index is 0.259. The lowest BCUT2D eigenvalue weighted by atomic mass is 9.74. The van der Waals surface area contributed by atoms with E-state index in [4.69, 9.17) is 5.73 Å². The highest BCUT2D eigenvalue weighted by molar-refractivity contribution is 6.35. The van der Waals surface area contributed by atoms with Crippen LogP contribution in [0.5, 0.6) is 0 Å². The van der Waals surface area contributed by atoms with Crippen molar-refractivity contribution in [1.29, 1.82) is 0 Å². The Balaban J connectivity index is 2.54. The Morgan fingerprint density at radius 2 is 2.00 bits per heavy atom. The van der Waals surface area contributed by atoms with Gasteiger partial charge < -0.3 is 5.73 Å². The highest BCUT2D eigenvalue weighted by Gasteiger charge is 1.82. The zero-order chi connectivity index (χ0) is 4.28. The summed E-state index contributed by atoms with van der Waals surface area (Å²) < 4.78 is 0. The standard InChI is InChI=1S/C3H9BN/c1-3(5)4-2/h3H,5H2,1-2H3. The Labute approximate surface area is 33.8 Å². The van der Waals surface area contributed by atoms with Gasteiger partial charge >= 0.3 is 0 Å². The molecule has 1 unspecified atom stereocenters. The molecule has 2 heteroatoms. The zero-order valence-corrected chi connectivity index (χ0v) is 3.73. The largest absolute Gasteiger partial charge is 0.336 e. The van der Waals surface area contributed by atoms with Crippen LogP contribution < -0.4 is 5.73 Å². The van der Waals surface area contributed by atoms with Gasteiger partial charge in [0, 0.05) is 0 Å². The van der Waals surface area contributed by atoms with Crippen molar-refractivity contribution in [2.24, 2.45) is 5.73 Å². The summed E-state index contributed by atoms with van der Waals surface area (Å²) in [5.74, 6) is 0.259. The van der Waals surface area contributed by atoms with Crippen LogP contribution in [0.25, 0.3) is 0 Å². The molecule has 1 radical (unpaired) electrons. The molecule has 0 bridgehead atoms. The molecule has 0 aromatic carbocycles. The quantitative estimate of drug-likeness (QED) is 0.433. The van der Waals surface area contributed by atoms with E-state index < -0.39 is 0 Å². The fourth-order valence-electron chi connectivity index (χ4n) is 0. The van der Waals surface area contributed by atoms with Gasteiger partial charge in [0.1, 0.15) is 7.28 Å². The maximum absolute atomic E-state index is 5.24. The predicted molar refractivity (Wildman–Crippen MR) is 25.3 cm³/mol. The Kier molecular flexibility index (Phi) is 2.28. The van der Waals surface area contributed by atoms with E-state index in [0.29, 0.717) is 0 Å². The van der Waals surface area contributed by atoms with Gasteiger partial charge in [-0.1, -0.05) is 13.7 Å². The van der Waals surface area contributed by atoms with Gasteiger partial charge in [-0.15, -0.1) is 0 Å². The molecule has 29 valence electrons. The second-order valence-corrected chi connectivity index (χ2v) is 1.19. The fourth-order valence-corrected chi connectivity index (χ4v) is 0. The average Bonchev–Trinajstić information content (AvgIpc) is 1.38. The second kappa shape index (κ2) is 2.27. The lowest BCUT2D eigenvalue weighted by molar-refractivity contribution is 1.02. The molecular weight excluding hydrogens is 60.9 g/mol. The summed E-state index contributed by atoms with van der Waals surface area (Å²) in [6, 6.07) is 0. The van der Waals surface area contributed by atoms with Crippen LogP contribution in [-0.4, -0.2) is 13.2 Å². The lowest BCUT2D eigenvalue weighted by Crippen LogP contribution is -2.20. The van der Waals surface area contributed by atoms with Crippen LogP contribution in [0.3, 0.4) is 0 Å². The van der Waals surface area contributed by atoms with Gasteiger partial charge in [-0.2, -0.15) is 0 Å². The first kappa shape index (κ1) is 5.02. The summed E-state index contributed by atoms with van der Waals surface area (Å²) in [6.07, 6.45) is 0. The van der Waals surface area contributed by atoms with E-state index in [1.165, 1.54) is 0 Å². The molecule has 0 amide bonds. The molecule has 1 atom stereocenters. The number of hydrogen-bond acceptors (Lipinski definition) is 1. The second-order valence-electron chi connectivity index (χ2n) is 1.19. The van der Waals surface area contributed by atoms with Crippen LogP contribution >= 0.6 is 0 Å². The molecule has 0 aliphatic carbocycles. The van der Waals surface area contributed by atoms with E-state index in [-0.39, 0.29) is 5.94 Å². The average molecular weight is 69.9 g/mol. The molecule has 2 N–H and O–H groups in total. The highest BCUT2D eigenvalue weighted by atomic mass is 14.5. The van der Waals surface area contributed by atoms with Crippen molar-refractivity contribution < 1.29 is 0 Å². The van der Waals surface area contributed by atoms with E-state index in [0.717, 1.165) is 0 Å². The van der Waals surface area contributed by atoms with E-state index in [2.05, 4.69) is 0 Å². The third-order valence-electron chi connectivity index (χ3n) is 0.526. The van der Waals surface area contributed by atoms with Crippen LogP contribution in [0.2, 0.25) is 6.82 Å². The van der Waals surface area contributed by atoms with Gasteiger partial charge in [-0.25, -0.2) is 0 Å². The normalized spacial score (nSPS) is 14.2. The molecule has 0 fully saturated rings. The Morgan fingerprint density at radius 1 is 1.80 bits per heavy atom. The lowest BCUT2D eigenvalue weighted by Gasteiger charge is -1.89. The van der Waals surface area contributed by atoms with Gasteiger partial charge in [0.05, 0.1) is 0 Å². The maximum Gasteiger partial charge on any atom is 0.128 e. The van der Waals surface area contributed by atoms with Crippen LogP contribution in [0.1, 0.15) is 6.92 Å². The molecule has 0 saturated carbocycles. The molecule has 1 nitrogen and oxygen atoms in total. The van der Waals surface area contributed by atoms with Gasteiger partial charge in [-0.05, 0) is 5.94 Å². The summed E-state index contributed by atoms with van der Waals surface area (Å²) in [5.41, 5.74) is 5.24. The monoisotopic (exact) mass is 70.1 g/mol. The van der Waals surface area contributed by atoms with Crippen molar-refractivity contribution in [1.82, 2.24) is 0 Å². The Morgan fingerprint density at radius 3 is 2.00 bits per heavy atom. The van der Waals surface area contributed by atoms with Gasteiger partial charge in [0.2, 0.25) is 0 Å². The molecule has 5 heavy (non-hydrogen) atoms. The van der Waals surface area contributed by atoms with Gasteiger partial charge in [0.15, 0.2) is 0 Å². The summed E-state index contributed by atoms with van der Waals surface area (Å²) in [4.78, 5) is 0. The molecular formula is C3H9BN. The topological polar surface area (TPSA) is 26.0 Å². The SMILES string of the molecule is C[B]C(C)N. The summed E-state index contributed by atoms with van der Waals surface area (Å²) in [5, 5.41) is 0. The predicted octanol–water partition coefficient (Wildman–Crippen LogP) is 0.0434. The summed E-state index contributed by atoms with van der Waals surface area (Å²) in [7, 11) is 1.94. The first-order valence-corrected chi connectivity index (χ1v) is 1.82. The van der Waals surface area contributed by atoms with Crippen molar-refractivity contribution in [2.45, 2.75) is 19.7 Å². The maximum atomic E-state index is 5.24. The Hall–Kier alpha value is 0.0249. The van der Waals surface area contributed by atoms with E-state index >= 15 is 0 Å². The van der Waals surface area contributed by atoms with Crippen molar-refractivity contribution in [3.05, 3.63) is 0 Å². The van der Waals surface area contributed by atoms with Crippen LogP contribution in [0.15, 0.2) is 0 Å². The molecule has 0 aromatic rings. The Bertz CT molecular complexity index is 20.9. The van der Waals surface area contributed by atoms with Crippen molar-refractivity contribution in [2.75, 3.05) is 0 Å². The number of rotatable bonds is 1. The first-order chi connectivity index (χ1) is 2.27. The molecule has 0 spiro atoms. The molecule has 0 aliphatic heterocycles. The zero-order valence-electron chi connectivity index (χ0n) is 3.73. The number of nitrogens with two attached hydrogens (primary N) is 1. The first-order valence-electron chi connectivity index (χ1n) is 1.82. The smallest absolute Gasteiger partial charge is 0.128 e. The number of hydrogen-bond donors (Lipinski definition) is 1. The van der Waals surface area contributed by atoms with Crippen molar-refractivity contribution >= 4 is 7.28 Å². The van der Waals surface area contributed by atoms with Crippen molar-refractivity contribution in [3.63, 3.8) is 0 Å². The highest BCUT2D eigenvalue weighted by Crippen LogP contribution is 1.62. The third-order valence-corrected chi connectivity index (χ3v) is 0.526. The van der Waals surface area contributed by atoms with Crippen LogP contribution in [-0.2, 0) is 0 Å². The molecule has 0 aliphatic rings. The molecule has 0 heterocycles. The molecule has 0 saturated heterocycles. The summed E-state index contributed by atoms with van der Waals surface area (Å²) in [6.45, 7) is 3.89. The van der Waals surface area contributed by atoms with Gasteiger partial charge in [0.25, 0.3) is 0 Å². The van der Waals surface area contributed by atoms with Crippen LogP contribution in [0, 0.1) is 0 Å². The van der Waals surface area contributed by atoms with Crippen LogP contribution in [0.4, 0.5) is 0 Å². The molecule has 0 aromatic heterocycles. The van der Waals surface area contributed by atoms with Gasteiger partial charge in [-0.3, -0.25) is 0 Å². The van der Waals surface area contributed by atoms with E-state index in [9.17, 15) is 0 Å². The van der Waals surface area contributed by atoms with Crippen molar-refractivity contribution in [3.8, 4) is 0 Å². The van der Waals surface area contributed by atoms with E-state index in [1.807, 2.05) is 21.0 Å². The summed E-state index contributed by atoms with van der Waals surface area (Å²) >= 11 is 0. The third kappa shape index (κ3) is 4.02.